The molecule has 0 spiro atoms. The molecule has 1 heterocycles. The van der Waals surface area contributed by atoms with Gasteiger partial charge in [-0.05, 0) is 23.6 Å². The third-order valence-corrected chi connectivity index (χ3v) is 1.94. The molecule has 0 saturated heterocycles. The van der Waals surface area contributed by atoms with Gasteiger partial charge in [-0.15, -0.1) is 0 Å². The second kappa shape index (κ2) is 2.80. The fourth-order valence-corrected chi connectivity index (χ4v) is 1.29. The minimum Gasteiger partial charge on any atom is -0.214 e. The lowest BCUT2D eigenvalue weighted by atomic mass is 10.1. The van der Waals surface area contributed by atoms with Crippen molar-refractivity contribution in [2.75, 3.05) is 0 Å². The van der Waals surface area contributed by atoms with E-state index < -0.39 is 0 Å². The summed E-state index contributed by atoms with van der Waals surface area (Å²) in [5, 5.41) is 2.41. The molecule has 12 heavy (non-hydrogen) atoms. The summed E-state index contributed by atoms with van der Waals surface area (Å²) < 4.78 is 0. The van der Waals surface area contributed by atoms with Crippen LogP contribution in [-0.4, -0.2) is 5.87 Å². The van der Waals surface area contributed by atoms with E-state index in [9.17, 15) is 0 Å². The van der Waals surface area contributed by atoms with E-state index in [1.807, 2.05) is 24.4 Å². The van der Waals surface area contributed by atoms with E-state index in [0.29, 0.717) is 0 Å². The van der Waals surface area contributed by atoms with Gasteiger partial charge in [0.2, 0.25) is 0 Å². The first-order valence-corrected chi connectivity index (χ1v) is 3.93. The molecular weight excluding hydrogens is 146 g/mol. The zero-order chi connectivity index (χ0) is 8.39. The van der Waals surface area contributed by atoms with E-state index in [4.69, 9.17) is 0 Å². The molecule has 0 fully saturated rings. The van der Waals surface area contributed by atoms with Gasteiger partial charge in [0.1, 0.15) is 0 Å². The van der Waals surface area contributed by atoms with Crippen molar-refractivity contribution in [3.63, 3.8) is 0 Å². The van der Waals surface area contributed by atoms with E-state index in [0.717, 1.165) is 5.22 Å². The normalized spacial score (nSPS) is 13.6. The Hall–Kier alpha value is -1.59. The Balaban J connectivity index is 2.98. The van der Waals surface area contributed by atoms with Crippen molar-refractivity contribution in [2.45, 2.75) is 6.92 Å². The molecule has 0 amide bonds. The summed E-state index contributed by atoms with van der Waals surface area (Å²) >= 11 is 0. The molecule has 1 aliphatic heterocycles. The molecule has 0 saturated carbocycles. The summed E-state index contributed by atoms with van der Waals surface area (Å²) in [7, 11) is 0. The SMILES string of the molecule is CC1=c2ccccc2=CN=C=C1. The van der Waals surface area contributed by atoms with Crippen molar-refractivity contribution in [1.82, 2.24) is 0 Å². The van der Waals surface area contributed by atoms with Gasteiger partial charge in [-0.2, -0.15) is 0 Å². The van der Waals surface area contributed by atoms with Crippen molar-refractivity contribution in [1.29, 1.82) is 0 Å². The Labute approximate surface area is 71.1 Å². The smallest absolute Gasteiger partial charge is 0.0446 e. The van der Waals surface area contributed by atoms with Gasteiger partial charge < -0.3 is 0 Å². The zero-order valence-corrected chi connectivity index (χ0v) is 6.91. The van der Waals surface area contributed by atoms with E-state index in [1.54, 1.807) is 0 Å². The molecular formula is C11H9N. The Morgan fingerprint density at radius 2 is 2.08 bits per heavy atom. The highest BCUT2D eigenvalue weighted by atomic mass is 14.6. The highest BCUT2D eigenvalue weighted by molar-refractivity contribution is 5.73. The average molecular weight is 155 g/mol. The molecule has 0 atom stereocenters. The van der Waals surface area contributed by atoms with Crippen LogP contribution < -0.4 is 10.4 Å². The molecule has 0 aliphatic carbocycles. The van der Waals surface area contributed by atoms with Gasteiger partial charge in [0.15, 0.2) is 0 Å². The zero-order valence-electron chi connectivity index (χ0n) is 6.91. The van der Waals surface area contributed by atoms with Crippen molar-refractivity contribution in [3.8, 4) is 0 Å². The van der Waals surface area contributed by atoms with Crippen LogP contribution in [0.1, 0.15) is 6.92 Å². The van der Waals surface area contributed by atoms with E-state index in [1.165, 1.54) is 10.8 Å². The minimum atomic E-state index is 1.16. The number of allylic oxidation sites excluding steroid dienone is 1. The molecule has 1 aromatic rings. The maximum absolute atomic E-state index is 4.01. The Morgan fingerprint density at radius 1 is 1.25 bits per heavy atom. The Morgan fingerprint density at radius 3 is 3.00 bits per heavy atom. The highest BCUT2D eigenvalue weighted by Crippen LogP contribution is 1.89. The Bertz CT molecular complexity index is 474. The molecule has 58 valence electrons. The largest absolute Gasteiger partial charge is 0.214 e. The predicted molar refractivity (Wildman–Crippen MR) is 51.2 cm³/mol. The maximum atomic E-state index is 4.01. The van der Waals surface area contributed by atoms with Crippen LogP contribution in [0.15, 0.2) is 35.3 Å². The van der Waals surface area contributed by atoms with Gasteiger partial charge in [-0.3, -0.25) is 0 Å². The number of fused-ring (bicyclic) bond motifs is 1. The van der Waals surface area contributed by atoms with Crippen molar-refractivity contribution >= 4 is 17.6 Å². The monoisotopic (exact) mass is 155 g/mol. The molecule has 0 bridgehead atoms. The lowest BCUT2D eigenvalue weighted by molar-refractivity contribution is 1.47. The van der Waals surface area contributed by atoms with Gasteiger partial charge in [0.05, 0.1) is 0 Å². The molecule has 0 aromatic heterocycles. The average Bonchev–Trinajstić information content (AvgIpc) is 2.29. The van der Waals surface area contributed by atoms with E-state index >= 15 is 0 Å². The molecule has 1 nitrogen and oxygen atoms in total. The summed E-state index contributed by atoms with van der Waals surface area (Å²) in [6, 6.07) is 8.21. The van der Waals surface area contributed by atoms with Gasteiger partial charge in [0, 0.05) is 17.5 Å². The number of rotatable bonds is 0. The van der Waals surface area contributed by atoms with Crippen LogP contribution in [0.25, 0.3) is 11.8 Å². The highest BCUT2D eigenvalue weighted by Gasteiger charge is 1.89. The van der Waals surface area contributed by atoms with Crippen molar-refractivity contribution in [3.05, 3.63) is 40.8 Å². The minimum absolute atomic E-state index is 1.16. The van der Waals surface area contributed by atoms with Gasteiger partial charge in [-0.25, -0.2) is 4.99 Å². The van der Waals surface area contributed by atoms with Gasteiger partial charge in [0.25, 0.3) is 0 Å². The van der Waals surface area contributed by atoms with Crippen LogP contribution in [0.3, 0.4) is 0 Å². The van der Waals surface area contributed by atoms with Crippen LogP contribution in [0.4, 0.5) is 0 Å². The van der Waals surface area contributed by atoms with Crippen LogP contribution in [0.2, 0.25) is 0 Å². The first-order valence-electron chi connectivity index (χ1n) is 3.93. The topological polar surface area (TPSA) is 12.4 Å². The number of benzene rings is 1. The number of aliphatic imine (C=N–C) groups is 1. The van der Waals surface area contributed by atoms with Crippen molar-refractivity contribution < 1.29 is 0 Å². The molecule has 0 unspecified atom stereocenters. The quantitative estimate of drug-likeness (QED) is 0.526. The summed E-state index contributed by atoms with van der Waals surface area (Å²) in [4.78, 5) is 4.01. The molecule has 1 aromatic carbocycles. The van der Waals surface area contributed by atoms with Crippen LogP contribution in [-0.2, 0) is 0 Å². The fourth-order valence-electron chi connectivity index (χ4n) is 1.29. The predicted octanol–water partition coefficient (Wildman–Crippen LogP) is 0.835. The first kappa shape index (κ1) is 7.08. The molecule has 0 radical (unpaired) electrons. The van der Waals surface area contributed by atoms with Crippen LogP contribution in [0.5, 0.6) is 0 Å². The molecule has 1 aliphatic rings. The van der Waals surface area contributed by atoms with E-state index in [2.05, 4.69) is 29.9 Å². The number of hydrogen-bond acceptors (Lipinski definition) is 1. The molecule has 1 heteroatoms. The third kappa shape index (κ3) is 1.11. The first-order chi connectivity index (χ1) is 5.88. The fraction of sp³-hybridized carbons (Fsp3) is 0.0909. The number of hydrogen-bond donors (Lipinski definition) is 0. The van der Waals surface area contributed by atoms with Crippen LogP contribution in [0, 0.1) is 0 Å². The van der Waals surface area contributed by atoms with Crippen molar-refractivity contribution in [2.24, 2.45) is 4.99 Å². The number of nitrogens with zero attached hydrogens (tertiary/aromatic N) is 1. The molecule has 2 rings (SSSR count). The summed E-state index contributed by atoms with van der Waals surface area (Å²) in [5.41, 5.74) is 1.21. The molecule has 0 N–H and O–H groups in total. The standard InChI is InChI=1S/C11H9N/c1-9-6-7-12-8-10-4-2-3-5-11(9)10/h2-6,8H,1H3. The Kier molecular flexibility index (Phi) is 1.65. The van der Waals surface area contributed by atoms with Gasteiger partial charge >= 0.3 is 0 Å². The summed E-state index contributed by atoms with van der Waals surface area (Å²) in [5.74, 6) is 2.85. The van der Waals surface area contributed by atoms with E-state index in [-0.39, 0.29) is 0 Å². The second-order valence-electron chi connectivity index (χ2n) is 2.80. The second-order valence-corrected chi connectivity index (χ2v) is 2.80. The lowest BCUT2D eigenvalue weighted by Crippen LogP contribution is -2.24. The summed E-state index contributed by atoms with van der Waals surface area (Å²) in [6.07, 6.45) is 3.74. The maximum Gasteiger partial charge on any atom is 0.0446 e. The van der Waals surface area contributed by atoms with Crippen LogP contribution >= 0.6 is 0 Å². The summed E-state index contributed by atoms with van der Waals surface area (Å²) in [6.45, 7) is 2.07. The lowest BCUT2D eigenvalue weighted by Gasteiger charge is -1.90. The van der Waals surface area contributed by atoms with Gasteiger partial charge in [-0.1, -0.05) is 24.3 Å². The third-order valence-electron chi connectivity index (χ3n) is 1.94.